The van der Waals surface area contributed by atoms with Gasteiger partial charge in [-0.05, 0) is 36.5 Å². The molecule has 3 nitrogen and oxygen atoms in total. The fraction of sp³-hybridized carbons (Fsp3) is 0.538. The molecule has 1 aliphatic carbocycles. The molecule has 0 bridgehead atoms. The average Bonchev–Trinajstić information content (AvgIpc) is 3.21. The lowest BCUT2D eigenvalue weighted by molar-refractivity contribution is 0.463. The Labute approximate surface area is 114 Å². The fourth-order valence-corrected chi connectivity index (χ4v) is 3.93. The SMILES string of the molecule is CCc1ccc(CCl)cc1S(=O)(=O)N(C)C1CC1. The van der Waals surface area contributed by atoms with Crippen LogP contribution in [0.3, 0.4) is 0 Å². The van der Waals surface area contributed by atoms with Gasteiger partial charge in [0.1, 0.15) is 0 Å². The van der Waals surface area contributed by atoms with E-state index in [-0.39, 0.29) is 6.04 Å². The van der Waals surface area contributed by atoms with Crippen molar-refractivity contribution in [2.75, 3.05) is 7.05 Å². The number of benzene rings is 1. The topological polar surface area (TPSA) is 37.4 Å². The smallest absolute Gasteiger partial charge is 0.207 e. The second-order valence-electron chi connectivity index (χ2n) is 4.68. The first-order valence-electron chi connectivity index (χ1n) is 6.16. The summed E-state index contributed by atoms with van der Waals surface area (Å²) in [6.07, 6.45) is 2.63. The van der Waals surface area contributed by atoms with Crippen molar-refractivity contribution in [3.05, 3.63) is 29.3 Å². The second kappa shape index (κ2) is 5.19. The van der Waals surface area contributed by atoms with Crippen molar-refractivity contribution in [3.8, 4) is 0 Å². The summed E-state index contributed by atoms with van der Waals surface area (Å²) in [5.74, 6) is 0.333. The zero-order valence-electron chi connectivity index (χ0n) is 10.7. The first kappa shape index (κ1) is 13.8. The predicted molar refractivity (Wildman–Crippen MR) is 73.3 cm³/mol. The molecule has 1 aromatic rings. The van der Waals surface area contributed by atoms with Gasteiger partial charge in [0.25, 0.3) is 0 Å². The average molecular weight is 288 g/mol. The standard InChI is InChI=1S/C13H18ClNO2S/c1-3-11-5-4-10(9-14)8-13(11)18(16,17)15(2)12-6-7-12/h4-5,8,12H,3,6-7,9H2,1-2H3. The van der Waals surface area contributed by atoms with Gasteiger partial charge in [-0.2, -0.15) is 4.31 Å². The van der Waals surface area contributed by atoms with E-state index < -0.39 is 10.0 Å². The minimum atomic E-state index is -3.38. The number of nitrogens with zero attached hydrogens (tertiary/aromatic N) is 1. The van der Waals surface area contributed by atoms with Gasteiger partial charge >= 0.3 is 0 Å². The fourth-order valence-electron chi connectivity index (χ4n) is 2.00. The molecule has 0 atom stereocenters. The lowest BCUT2D eigenvalue weighted by atomic mass is 10.1. The summed E-state index contributed by atoms with van der Waals surface area (Å²) >= 11 is 5.79. The molecule has 0 spiro atoms. The van der Waals surface area contributed by atoms with Crippen molar-refractivity contribution in [2.45, 2.75) is 43.0 Å². The molecule has 0 saturated heterocycles. The second-order valence-corrected chi connectivity index (χ2v) is 6.91. The van der Waals surface area contributed by atoms with Crippen LogP contribution in [0.25, 0.3) is 0 Å². The summed E-state index contributed by atoms with van der Waals surface area (Å²) in [7, 11) is -1.71. The molecule has 100 valence electrons. The molecule has 1 fully saturated rings. The number of hydrogen-bond donors (Lipinski definition) is 0. The van der Waals surface area contributed by atoms with Gasteiger partial charge in [0.2, 0.25) is 10.0 Å². The summed E-state index contributed by atoms with van der Waals surface area (Å²) in [6.45, 7) is 1.96. The van der Waals surface area contributed by atoms with Crippen LogP contribution in [-0.4, -0.2) is 25.8 Å². The molecule has 0 unspecified atom stereocenters. The van der Waals surface area contributed by atoms with Crippen LogP contribution in [0.2, 0.25) is 0 Å². The predicted octanol–water partition coefficient (Wildman–Crippen LogP) is 2.77. The van der Waals surface area contributed by atoms with Gasteiger partial charge in [-0.1, -0.05) is 19.1 Å². The number of aryl methyl sites for hydroxylation is 1. The summed E-state index contributed by atoms with van der Waals surface area (Å²) in [4.78, 5) is 0.414. The monoisotopic (exact) mass is 287 g/mol. The third kappa shape index (κ3) is 2.56. The van der Waals surface area contributed by atoms with E-state index >= 15 is 0 Å². The first-order valence-corrected chi connectivity index (χ1v) is 8.14. The highest BCUT2D eigenvalue weighted by Crippen LogP contribution is 2.32. The van der Waals surface area contributed by atoms with Crippen LogP contribution < -0.4 is 0 Å². The third-order valence-electron chi connectivity index (χ3n) is 3.38. The van der Waals surface area contributed by atoms with Crippen LogP contribution in [0.5, 0.6) is 0 Å². The quantitative estimate of drug-likeness (QED) is 0.781. The van der Waals surface area contributed by atoms with E-state index in [1.54, 1.807) is 13.1 Å². The van der Waals surface area contributed by atoms with E-state index in [0.717, 1.165) is 24.0 Å². The summed E-state index contributed by atoms with van der Waals surface area (Å²) in [5, 5.41) is 0. The van der Waals surface area contributed by atoms with Gasteiger partial charge in [-0.15, -0.1) is 11.6 Å². The Bertz CT molecular complexity index is 538. The molecule has 2 rings (SSSR count). The summed E-state index contributed by atoms with van der Waals surface area (Å²) < 4.78 is 26.6. The van der Waals surface area contributed by atoms with Crippen LogP contribution in [0.15, 0.2) is 23.1 Å². The molecule has 18 heavy (non-hydrogen) atoms. The maximum Gasteiger partial charge on any atom is 0.243 e. The van der Waals surface area contributed by atoms with Crippen LogP contribution in [0.1, 0.15) is 30.9 Å². The first-order chi connectivity index (χ1) is 8.50. The van der Waals surface area contributed by atoms with Crippen LogP contribution in [-0.2, 0) is 22.3 Å². The summed E-state index contributed by atoms with van der Waals surface area (Å²) in [5.41, 5.74) is 1.70. The van der Waals surface area contributed by atoms with E-state index in [0.29, 0.717) is 17.2 Å². The number of sulfonamides is 1. The normalized spacial score (nSPS) is 16.2. The minimum Gasteiger partial charge on any atom is -0.207 e. The molecule has 0 aliphatic heterocycles. The molecule has 5 heteroatoms. The molecule has 0 amide bonds. The van der Waals surface area contributed by atoms with Gasteiger partial charge < -0.3 is 0 Å². The highest BCUT2D eigenvalue weighted by molar-refractivity contribution is 7.89. The molecule has 1 aromatic carbocycles. The number of rotatable bonds is 5. The van der Waals surface area contributed by atoms with Gasteiger partial charge in [-0.25, -0.2) is 8.42 Å². The van der Waals surface area contributed by atoms with Gasteiger partial charge in [0, 0.05) is 19.0 Å². The zero-order chi connectivity index (χ0) is 13.3. The summed E-state index contributed by atoms with van der Waals surface area (Å²) in [6, 6.07) is 5.65. The van der Waals surface area contributed by atoms with Gasteiger partial charge in [0.15, 0.2) is 0 Å². The molecular weight excluding hydrogens is 270 g/mol. The van der Waals surface area contributed by atoms with Crippen molar-refractivity contribution in [1.82, 2.24) is 4.31 Å². The van der Waals surface area contributed by atoms with Crippen molar-refractivity contribution >= 4 is 21.6 Å². The molecule has 1 saturated carbocycles. The number of halogens is 1. The van der Waals surface area contributed by atoms with Crippen molar-refractivity contribution in [1.29, 1.82) is 0 Å². The molecule has 0 heterocycles. The maximum absolute atomic E-state index is 12.5. The lowest BCUT2D eigenvalue weighted by Crippen LogP contribution is -2.29. The largest absolute Gasteiger partial charge is 0.243 e. The lowest BCUT2D eigenvalue weighted by Gasteiger charge is -2.19. The zero-order valence-corrected chi connectivity index (χ0v) is 12.3. The van der Waals surface area contributed by atoms with Gasteiger partial charge in [0.05, 0.1) is 4.90 Å². The van der Waals surface area contributed by atoms with Gasteiger partial charge in [-0.3, -0.25) is 0 Å². The van der Waals surface area contributed by atoms with Crippen molar-refractivity contribution in [3.63, 3.8) is 0 Å². The van der Waals surface area contributed by atoms with E-state index in [9.17, 15) is 8.42 Å². The van der Waals surface area contributed by atoms with Crippen LogP contribution >= 0.6 is 11.6 Å². The minimum absolute atomic E-state index is 0.180. The Kier molecular flexibility index (Phi) is 3.99. The van der Waals surface area contributed by atoms with E-state index in [1.165, 1.54) is 4.31 Å². The molecule has 0 N–H and O–H groups in total. The molecule has 0 aromatic heterocycles. The third-order valence-corrected chi connectivity index (χ3v) is 5.69. The highest BCUT2D eigenvalue weighted by Gasteiger charge is 2.35. The van der Waals surface area contributed by atoms with E-state index in [4.69, 9.17) is 11.6 Å². The number of alkyl halides is 1. The molecule has 0 radical (unpaired) electrons. The highest BCUT2D eigenvalue weighted by atomic mass is 35.5. The van der Waals surface area contributed by atoms with Crippen molar-refractivity contribution in [2.24, 2.45) is 0 Å². The Morgan fingerprint density at radius 3 is 2.56 bits per heavy atom. The molecule has 1 aliphatic rings. The van der Waals surface area contributed by atoms with Crippen LogP contribution in [0.4, 0.5) is 0 Å². The number of hydrogen-bond acceptors (Lipinski definition) is 2. The van der Waals surface area contributed by atoms with Crippen LogP contribution in [0, 0.1) is 0 Å². The van der Waals surface area contributed by atoms with E-state index in [1.807, 2.05) is 19.1 Å². The molecular formula is C13H18ClNO2S. The maximum atomic E-state index is 12.5. The van der Waals surface area contributed by atoms with Crippen molar-refractivity contribution < 1.29 is 8.42 Å². The Morgan fingerprint density at radius 2 is 2.06 bits per heavy atom. The Hall–Kier alpha value is -0.580. The Balaban J connectivity index is 2.47. The Morgan fingerprint density at radius 1 is 1.39 bits per heavy atom. The van der Waals surface area contributed by atoms with E-state index in [2.05, 4.69) is 0 Å².